The molecule has 0 amide bonds. The van der Waals surface area contributed by atoms with Gasteiger partial charge in [0.15, 0.2) is 0 Å². The highest BCUT2D eigenvalue weighted by molar-refractivity contribution is 5.43. The number of anilines is 1. The van der Waals surface area contributed by atoms with E-state index in [-0.39, 0.29) is 17.6 Å². The van der Waals surface area contributed by atoms with Gasteiger partial charge in [-0.3, -0.25) is 10.1 Å². The number of hydrogen-bond acceptors (Lipinski definition) is 5. The quantitative estimate of drug-likeness (QED) is 0.621. The molecule has 0 atom stereocenters. The monoisotopic (exact) mass is 331 g/mol. The van der Waals surface area contributed by atoms with Gasteiger partial charge in [-0.05, 0) is 36.6 Å². The molecule has 1 aromatic carbocycles. The van der Waals surface area contributed by atoms with Crippen molar-refractivity contribution in [1.29, 1.82) is 0 Å². The topological polar surface area (TPSA) is 68.5 Å². The highest BCUT2D eigenvalue weighted by Crippen LogP contribution is 2.22. The van der Waals surface area contributed by atoms with E-state index in [1.54, 1.807) is 18.2 Å². The van der Waals surface area contributed by atoms with Gasteiger partial charge < -0.3 is 9.64 Å². The normalized spacial score (nSPS) is 15.5. The number of ether oxygens (including phenoxy) is 1. The first-order chi connectivity index (χ1) is 11.6. The summed E-state index contributed by atoms with van der Waals surface area (Å²) in [5, 5.41) is 10.7. The summed E-state index contributed by atoms with van der Waals surface area (Å²) in [7, 11) is 0. The largest absolute Gasteiger partial charge is 0.373 e. The zero-order chi connectivity index (χ0) is 16.9. The van der Waals surface area contributed by atoms with E-state index in [1.807, 2.05) is 0 Å². The number of nitrogens with zero attached hydrogens (tertiary/aromatic N) is 3. The predicted octanol–water partition coefficient (Wildman–Crippen LogP) is 3.31. The molecule has 0 N–H and O–H groups in total. The first-order valence-electron chi connectivity index (χ1n) is 7.83. The van der Waals surface area contributed by atoms with Crippen LogP contribution in [0.2, 0.25) is 0 Å². The number of hydrogen-bond donors (Lipinski definition) is 0. The van der Waals surface area contributed by atoms with Crippen LogP contribution in [0.5, 0.6) is 0 Å². The number of aromatic nitrogens is 1. The Morgan fingerprint density at radius 2 is 1.92 bits per heavy atom. The summed E-state index contributed by atoms with van der Waals surface area (Å²) < 4.78 is 18.8. The maximum absolute atomic E-state index is 12.9. The van der Waals surface area contributed by atoms with E-state index >= 15 is 0 Å². The maximum atomic E-state index is 12.9. The third-order valence-corrected chi connectivity index (χ3v) is 4.11. The predicted molar refractivity (Wildman–Crippen MR) is 87.3 cm³/mol. The maximum Gasteiger partial charge on any atom is 0.287 e. The first kappa shape index (κ1) is 16.3. The first-order valence-corrected chi connectivity index (χ1v) is 7.83. The molecular weight excluding hydrogens is 313 g/mol. The minimum atomic E-state index is -0.452. The van der Waals surface area contributed by atoms with Crippen molar-refractivity contribution in [2.24, 2.45) is 0 Å². The molecule has 1 aliphatic heterocycles. The van der Waals surface area contributed by atoms with Crippen molar-refractivity contribution < 1.29 is 14.1 Å². The average Bonchev–Trinajstić information content (AvgIpc) is 2.62. The third kappa shape index (κ3) is 4.05. The molecule has 1 fully saturated rings. The molecule has 7 heteroatoms. The van der Waals surface area contributed by atoms with Crippen LogP contribution in [-0.4, -0.2) is 29.1 Å². The van der Waals surface area contributed by atoms with Crippen molar-refractivity contribution in [2.45, 2.75) is 25.6 Å². The number of pyridine rings is 1. The summed E-state index contributed by atoms with van der Waals surface area (Å²) >= 11 is 0. The lowest BCUT2D eigenvalue weighted by molar-refractivity contribution is -0.385. The molecule has 1 saturated heterocycles. The number of rotatable bonds is 5. The van der Waals surface area contributed by atoms with Crippen molar-refractivity contribution in [3.05, 3.63) is 64.1 Å². The lowest BCUT2D eigenvalue weighted by Crippen LogP contribution is -2.37. The van der Waals surface area contributed by atoms with Gasteiger partial charge in [-0.15, -0.1) is 0 Å². The van der Waals surface area contributed by atoms with E-state index in [1.165, 1.54) is 24.4 Å². The van der Waals surface area contributed by atoms with Gasteiger partial charge >= 0.3 is 0 Å². The lowest BCUT2D eigenvalue weighted by Gasteiger charge is -2.32. The van der Waals surface area contributed by atoms with Gasteiger partial charge in [0, 0.05) is 19.2 Å². The number of nitro groups is 1. The van der Waals surface area contributed by atoms with Crippen LogP contribution in [0.1, 0.15) is 18.4 Å². The van der Waals surface area contributed by atoms with Gasteiger partial charge in [0.1, 0.15) is 17.8 Å². The van der Waals surface area contributed by atoms with E-state index in [4.69, 9.17) is 4.74 Å². The molecule has 2 aromatic rings. The molecule has 6 nitrogen and oxygen atoms in total. The minimum absolute atomic E-state index is 0.00346. The standard InChI is InChI=1S/C17H18FN3O3/c18-14-3-1-13(2-4-14)12-24-16-7-9-20(10-8-16)17-6-5-15(11-19-17)21(22)23/h1-6,11,16H,7-10,12H2. The van der Waals surface area contributed by atoms with Crippen LogP contribution >= 0.6 is 0 Å². The summed E-state index contributed by atoms with van der Waals surface area (Å²) in [5.41, 5.74) is 0.951. The summed E-state index contributed by atoms with van der Waals surface area (Å²) in [5.74, 6) is 0.500. The molecule has 24 heavy (non-hydrogen) atoms. The highest BCUT2D eigenvalue weighted by Gasteiger charge is 2.21. The Bertz CT molecular complexity index is 683. The molecule has 0 spiro atoms. The Morgan fingerprint density at radius 3 is 2.50 bits per heavy atom. The number of benzene rings is 1. The van der Waals surface area contributed by atoms with Gasteiger partial charge in [0.25, 0.3) is 5.69 Å². The SMILES string of the molecule is O=[N+]([O-])c1ccc(N2CCC(OCc3ccc(F)cc3)CC2)nc1. The zero-order valence-corrected chi connectivity index (χ0v) is 13.1. The Labute approximate surface area is 139 Å². The van der Waals surface area contributed by atoms with Crippen molar-refractivity contribution in [1.82, 2.24) is 4.98 Å². The molecule has 1 aliphatic rings. The van der Waals surface area contributed by atoms with Crippen LogP contribution in [0.3, 0.4) is 0 Å². The highest BCUT2D eigenvalue weighted by atomic mass is 19.1. The van der Waals surface area contributed by atoms with E-state index < -0.39 is 4.92 Å². The lowest BCUT2D eigenvalue weighted by atomic mass is 10.1. The molecule has 0 saturated carbocycles. The van der Waals surface area contributed by atoms with Crippen LogP contribution in [0.4, 0.5) is 15.9 Å². The van der Waals surface area contributed by atoms with E-state index in [9.17, 15) is 14.5 Å². The van der Waals surface area contributed by atoms with Crippen LogP contribution in [0.25, 0.3) is 0 Å². The molecular formula is C17H18FN3O3. The zero-order valence-electron chi connectivity index (χ0n) is 13.1. The summed E-state index contributed by atoms with van der Waals surface area (Å²) in [6.45, 7) is 2.05. The van der Waals surface area contributed by atoms with Gasteiger partial charge in [-0.2, -0.15) is 0 Å². The van der Waals surface area contributed by atoms with Gasteiger partial charge in [-0.1, -0.05) is 12.1 Å². The Kier molecular flexibility index (Phi) is 5.00. The van der Waals surface area contributed by atoms with E-state index in [0.29, 0.717) is 6.61 Å². The van der Waals surface area contributed by atoms with Gasteiger partial charge in [0.05, 0.1) is 17.6 Å². The van der Waals surface area contributed by atoms with Crippen LogP contribution in [0, 0.1) is 15.9 Å². The van der Waals surface area contributed by atoms with Gasteiger partial charge in [-0.25, -0.2) is 9.37 Å². The molecule has 3 rings (SSSR count). The van der Waals surface area contributed by atoms with Crippen LogP contribution in [0.15, 0.2) is 42.6 Å². The van der Waals surface area contributed by atoms with Crippen LogP contribution < -0.4 is 4.90 Å². The smallest absolute Gasteiger partial charge is 0.287 e. The number of halogens is 1. The number of piperidine rings is 1. The second-order valence-corrected chi connectivity index (χ2v) is 5.76. The molecule has 126 valence electrons. The van der Waals surface area contributed by atoms with E-state index in [0.717, 1.165) is 37.3 Å². The van der Waals surface area contributed by atoms with Crippen LogP contribution in [-0.2, 0) is 11.3 Å². The molecule has 0 bridgehead atoms. The summed E-state index contributed by atoms with van der Waals surface area (Å²) in [4.78, 5) is 16.5. The average molecular weight is 331 g/mol. The van der Waals surface area contributed by atoms with Gasteiger partial charge in [0.2, 0.25) is 0 Å². The van der Waals surface area contributed by atoms with Crippen molar-refractivity contribution in [2.75, 3.05) is 18.0 Å². The molecule has 2 heterocycles. The van der Waals surface area contributed by atoms with E-state index in [2.05, 4.69) is 9.88 Å². The van der Waals surface area contributed by atoms with Crippen molar-refractivity contribution in [3.8, 4) is 0 Å². The second-order valence-electron chi connectivity index (χ2n) is 5.76. The fraction of sp³-hybridized carbons (Fsp3) is 0.353. The Balaban J connectivity index is 1.48. The Hall–Kier alpha value is -2.54. The molecule has 0 radical (unpaired) electrons. The minimum Gasteiger partial charge on any atom is -0.373 e. The fourth-order valence-electron chi connectivity index (χ4n) is 2.72. The van der Waals surface area contributed by atoms with Crippen molar-refractivity contribution >= 4 is 11.5 Å². The third-order valence-electron chi connectivity index (χ3n) is 4.11. The summed E-state index contributed by atoms with van der Waals surface area (Å²) in [6.07, 6.45) is 3.16. The summed E-state index contributed by atoms with van der Waals surface area (Å²) in [6, 6.07) is 9.47. The molecule has 0 aliphatic carbocycles. The van der Waals surface area contributed by atoms with Crippen molar-refractivity contribution in [3.63, 3.8) is 0 Å². The fourth-order valence-corrected chi connectivity index (χ4v) is 2.72. The Morgan fingerprint density at radius 1 is 1.21 bits per heavy atom. The second kappa shape index (κ2) is 7.35. The molecule has 0 unspecified atom stereocenters. The molecule has 1 aromatic heterocycles.